The first-order valence-corrected chi connectivity index (χ1v) is 9.15. The van der Waals surface area contributed by atoms with E-state index in [2.05, 4.69) is 15.5 Å². The number of nitrogens with zero attached hydrogens (tertiary/aromatic N) is 2. The SMILES string of the molecule is COc1ccc(CCNC(=O)CCc2nc(-c3ccc(F)cc3)no2)cc1OC. The first-order chi connectivity index (χ1) is 14.1. The molecule has 0 aliphatic heterocycles. The van der Waals surface area contributed by atoms with Gasteiger partial charge in [0.15, 0.2) is 11.5 Å². The summed E-state index contributed by atoms with van der Waals surface area (Å²) in [6, 6.07) is 11.5. The van der Waals surface area contributed by atoms with E-state index in [-0.39, 0.29) is 18.1 Å². The molecule has 1 aromatic heterocycles. The molecule has 0 atom stereocenters. The third-order valence-corrected chi connectivity index (χ3v) is 4.32. The van der Waals surface area contributed by atoms with Crippen LogP contribution in [0.2, 0.25) is 0 Å². The summed E-state index contributed by atoms with van der Waals surface area (Å²) in [7, 11) is 3.17. The number of benzene rings is 2. The Labute approximate surface area is 167 Å². The van der Waals surface area contributed by atoms with Crippen molar-refractivity contribution in [1.82, 2.24) is 15.5 Å². The fraction of sp³-hybridized carbons (Fsp3) is 0.286. The van der Waals surface area contributed by atoms with E-state index >= 15 is 0 Å². The number of methoxy groups -OCH3 is 2. The molecular weight excluding hydrogens is 377 g/mol. The molecule has 0 unspecified atom stereocenters. The van der Waals surface area contributed by atoms with Crippen molar-refractivity contribution in [1.29, 1.82) is 0 Å². The number of nitrogens with one attached hydrogen (secondary N) is 1. The molecule has 1 amide bonds. The van der Waals surface area contributed by atoms with Crippen LogP contribution in [-0.2, 0) is 17.6 Å². The average Bonchev–Trinajstić information content (AvgIpc) is 3.21. The Morgan fingerprint density at radius 1 is 1.07 bits per heavy atom. The number of rotatable bonds is 9. The number of ether oxygens (including phenoxy) is 2. The first-order valence-electron chi connectivity index (χ1n) is 9.15. The van der Waals surface area contributed by atoms with Gasteiger partial charge < -0.3 is 19.3 Å². The molecule has 1 N–H and O–H groups in total. The number of hydrogen-bond donors (Lipinski definition) is 1. The van der Waals surface area contributed by atoms with Crippen molar-refractivity contribution < 1.29 is 23.2 Å². The summed E-state index contributed by atoms with van der Waals surface area (Å²) in [5.74, 6) is 1.62. The lowest BCUT2D eigenvalue weighted by molar-refractivity contribution is -0.121. The van der Waals surface area contributed by atoms with E-state index < -0.39 is 0 Å². The molecule has 0 saturated carbocycles. The van der Waals surface area contributed by atoms with Gasteiger partial charge in [-0.1, -0.05) is 11.2 Å². The number of aromatic nitrogens is 2. The van der Waals surface area contributed by atoms with Gasteiger partial charge in [0.25, 0.3) is 0 Å². The van der Waals surface area contributed by atoms with E-state index in [9.17, 15) is 9.18 Å². The highest BCUT2D eigenvalue weighted by Crippen LogP contribution is 2.27. The Morgan fingerprint density at radius 3 is 2.55 bits per heavy atom. The Bertz CT molecular complexity index is 957. The second kappa shape index (κ2) is 9.68. The van der Waals surface area contributed by atoms with E-state index in [0.717, 1.165) is 5.56 Å². The maximum atomic E-state index is 13.0. The Hall–Kier alpha value is -3.42. The molecule has 0 bridgehead atoms. The van der Waals surface area contributed by atoms with Crippen LogP contribution in [0.15, 0.2) is 47.0 Å². The number of carbonyl (C=O) groups excluding carboxylic acids is 1. The zero-order valence-corrected chi connectivity index (χ0v) is 16.3. The summed E-state index contributed by atoms with van der Waals surface area (Å²) in [4.78, 5) is 16.3. The van der Waals surface area contributed by atoms with Gasteiger partial charge in [0.1, 0.15) is 5.82 Å². The minimum absolute atomic E-state index is 0.105. The molecule has 0 aliphatic rings. The summed E-state index contributed by atoms with van der Waals surface area (Å²) in [6.45, 7) is 0.499. The number of amides is 1. The summed E-state index contributed by atoms with van der Waals surface area (Å²) in [5, 5.41) is 6.73. The molecule has 1 heterocycles. The topological polar surface area (TPSA) is 86.5 Å². The van der Waals surface area contributed by atoms with Crippen molar-refractivity contribution >= 4 is 5.91 Å². The lowest BCUT2D eigenvalue weighted by Crippen LogP contribution is -2.25. The summed E-state index contributed by atoms with van der Waals surface area (Å²) in [6.07, 6.45) is 1.23. The molecule has 0 aliphatic carbocycles. The lowest BCUT2D eigenvalue weighted by atomic mass is 10.1. The fourth-order valence-electron chi connectivity index (χ4n) is 2.76. The summed E-state index contributed by atoms with van der Waals surface area (Å²) < 4.78 is 28.6. The van der Waals surface area contributed by atoms with Gasteiger partial charge in [-0.3, -0.25) is 4.79 Å². The quantitative estimate of drug-likeness (QED) is 0.595. The van der Waals surface area contributed by atoms with Crippen molar-refractivity contribution in [3.05, 3.63) is 59.7 Å². The minimum atomic E-state index is -0.331. The van der Waals surface area contributed by atoms with Gasteiger partial charge in [0, 0.05) is 24.9 Å². The largest absolute Gasteiger partial charge is 0.493 e. The van der Waals surface area contributed by atoms with E-state index in [1.807, 2.05) is 18.2 Å². The zero-order chi connectivity index (χ0) is 20.6. The maximum absolute atomic E-state index is 13.0. The molecule has 8 heteroatoms. The standard InChI is InChI=1S/C21H22FN3O4/c1-27-17-8-3-14(13-18(17)28-2)11-12-23-19(26)9-10-20-24-21(25-29-20)15-4-6-16(22)7-5-15/h3-8,13H,9-12H2,1-2H3,(H,23,26). The maximum Gasteiger partial charge on any atom is 0.227 e. The van der Waals surface area contributed by atoms with Crippen molar-refractivity contribution in [2.45, 2.75) is 19.3 Å². The molecule has 0 saturated heterocycles. The normalized spacial score (nSPS) is 10.6. The van der Waals surface area contributed by atoms with Gasteiger partial charge in [-0.2, -0.15) is 4.98 Å². The van der Waals surface area contributed by atoms with Gasteiger partial charge in [-0.25, -0.2) is 4.39 Å². The number of hydrogen-bond acceptors (Lipinski definition) is 6. The fourth-order valence-corrected chi connectivity index (χ4v) is 2.76. The monoisotopic (exact) mass is 399 g/mol. The second-order valence-corrected chi connectivity index (χ2v) is 6.31. The summed E-state index contributed by atoms with van der Waals surface area (Å²) >= 11 is 0. The van der Waals surface area contributed by atoms with Gasteiger partial charge >= 0.3 is 0 Å². The zero-order valence-electron chi connectivity index (χ0n) is 16.3. The minimum Gasteiger partial charge on any atom is -0.493 e. The number of carbonyl (C=O) groups is 1. The Kier molecular flexibility index (Phi) is 6.78. The van der Waals surface area contributed by atoms with Crippen molar-refractivity contribution in [3.8, 4) is 22.9 Å². The van der Waals surface area contributed by atoms with Crippen LogP contribution in [0.5, 0.6) is 11.5 Å². The third kappa shape index (κ3) is 5.54. The lowest BCUT2D eigenvalue weighted by Gasteiger charge is -2.10. The van der Waals surface area contributed by atoms with E-state index in [0.29, 0.717) is 48.2 Å². The van der Waals surface area contributed by atoms with E-state index in [1.165, 1.54) is 12.1 Å². The Morgan fingerprint density at radius 2 is 1.83 bits per heavy atom. The van der Waals surface area contributed by atoms with Crippen LogP contribution in [0.4, 0.5) is 4.39 Å². The second-order valence-electron chi connectivity index (χ2n) is 6.31. The van der Waals surface area contributed by atoms with Crippen LogP contribution in [0.25, 0.3) is 11.4 Å². The molecular formula is C21H22FN3O4. The van der Waals surface area contributed by atoms with Crippen LogP contribution in [0.3, 0.4) is 0 Å². The highest BCUT2D eigenvalue weighted by Gasteiger charge is 2.11. The molecule has 3 aromatic rings. The van der Waals surface area contributed by atoms with Gasteiger partial charge in [0.2, 0.25) is 17.6 Å². The number of halogens is 1. The van der Waals surface area contributed by atoms with Crippen LogP contribution in [-0.4, -0.2) is 36.8 Å². The van der Waals surface area contributed by atoms with Gasteiger partial charge in [-0.05, 0) is 48.4 Å². The smallest absolute Gasteiger partial charge is 0.227 e. The average molecular weight is 399 g/mol. The molecule has 0 radical (unpaired) electrons. The van der Waals surface area contributed by atoms with Crippen molar-refractivity contribution in [3.63, 3.8) is 0 Å². The highest BCUT2D eigenvalue weighted by atomic mass is 19.1. The molecule has 0 spiro atoms. The van der Waals surface area contributed by atoms with Crippen LogP contribution < -0.4 is 14.8 Å². The third-order valence-electron chi connectivity index (χ3n) is 4.32. The van der Waals surface area contributed by atoms with E-state index in [1.54, 1.807) is 26.4 Å². The van der Waals surface area contributed by atoms with Gasteiger partial charge in [-0.15, -0.1) is 0 Å². The molecule has 0 fully saturated rings. The molecule has 3 rings (SSSR count). The number of aryl methyl sites for hydroxylation is 1. The van der Waals surface area contributed by atoms with Gasteiger partial charge in [0.05, 0.1) is 14.2 Å². The van der Waals surface area contributed by atoms with E-state index in [4.69, 9.17) is 14.0 Å². The molecule has 7 nitrogen and oxygen atoms in total. The first kappa shape index (κ1) is 20.3. The molecule has 2 aromatic carbocycles. The highest BCUT2D eigenvalue weighted by molar-refractivity contribution is 5.76. The Balaban J connectivity index is 1.44. The van der Waals surface area contributed by atoms with Crippen LogP contribution in [0.1, 0.15) is 17.9 Å². The van der Waals surface area contributed by atoms with Crippen molar-refractivity contribution in [2.75, 3.05) is 20.8 Å². The van der Waals surface area contributed by atoms with Crippen LogP contribution >= 0.6 is 0 Å². The molecule has 152 valence electrons. The predicted octanol–water partition coefficient (Wildman–Crippen LogP) is 3.18. The predicted molar refractivity (Wildman–Crippen MR) is 104 cm³/mol. The molecule has 29 heavy (non-hydrogen) atoms. The van der Waals surface area contributed by atoms with Crippen LogP contribution in [0, 0.1) is 5.82 Å². The summed E-state index contributed by atoms with van der Waals surface area (Å²) in [5.41, 5.74) is 1.68. The van der Waals surface area contributed by atoms with Crippen molar-refractivity contribution in [2.24, 2.45) is 0 Å².